The van der Waals surface area contributed by atoms with Crippen LogP contribution in [0, 0.1) is 0 Å². The summed E-state index contributed by atoms with van der Waals surface area (Å²) in [5.74, 6) is 2.19. The van der Waals surface area contributed by atoms with Crippen LogP contribution in [0.3, 0.4) is 0 Å². The van der Waals surface area contributed by atoms with Crippen LogP contribution in [-0.2, 0) is 13.9 Å². The van der Waals surface area contributed by atoms with E-state index in [1.807, 2.05) is 6.07 Å². The van der Waals surface area contributed by atoms with Gasteiger partial charge in [0.25, 0.3) is 0 Å². The number of unbranched alkanes of at least 4 members (excludes halogenated alkanes) is 1. The van der Waals surface area contributed by atoms with Gasteiger partial charge in [-0.15, -0.1) is 0 Å². The molecular weight excluding hydrogens is 263 g/mol. The molecule has 0 fully saturated rings. The van der Waals surface area contributed by atoms with Gasteiger partial charge in [-0.05, 0) is 18.6 Å². The second kappa shape index (κ2) is 7.96. The predicted octanol–water partition coefficient (Wildman–Crippen LogP) is 2.80. The third kappa shape index (κ3) is 4.36. The second-order valence-electron chi connectivity index (χ2n) is 4.03. The van der Waals surface area contributed by atoms with Gasteiger partial charge in [0.1, 0.15) is 11.7 Å². The van der Waals surface area contributed by atoms with E-state index >= 15 is 0 Å². The van der Waals surface area contributed by atoms with Crippen molar-refractivity contribution in [1.82, 2.24) is 0 Å². The minimum absolute atomic E-state index is 0.0289. The van der Waals surface area contributed by atoms with E-state index in [1.54, 1.807) is 24.1 Å². The number of rotatable bonds is 8. The third-order valence-corrected chi connectivity index (χ3v) is 5.05. The first kappa shape index (κ1) is 15.7. The molecule has 0 aliphatic carbocycles. The van der Waals surface area contributed by atoms with Crippen LogP contribution in [0.15, 0.2) is 30.3 Å². The number of benzene rings is 1. The SMILES string of the molecule is CCCCOc1ccccc1P(=O)(CC=C=O)OC. The van der Waals surface area contributed by atoms with E-state index in [1.165, 1.54) is 13.2 Å². The lowest BCUT2D eigenvalue weighted by atomic mass is 10.3. The largest absolute Gasteiger partial charge is 0.493 e. The van der Waals surface area contributed by atoms with E-state index < -0.39 is 7.37 Å². The van der Waals surface area contributed by atoms with Crippen molar-refractivity contribution in [3.05, 3.63) is 30.3 Å². The minimum atomic E-state index is -3.10. The maximum Gasteiger partial charge on any atom is 0.239 e. The van der Waals surface area contributed by atoms with E-state index in [9.17, 15) is 9.36 Å². The Bertz CT molecular complexity index is 492. The predicted molar refractivity (Wildman–Crippen MR) is 76.2 cm³/mol. The highest BCUT2D eigenvalue weighted by Gasteiger charge is 2.27. The monoisotopic (exact) mass is 282 g/mol. The van der Waals surface area contributed by atoms with Crippen LogP contribution < -0.4 is 10.0 Å². The number of hydrogen-bond acceptors (Lipinski definition) is 4. The fourth-order valence-corrected chi connectivity index (χ4v) is 3.26. The van der Waals surface area contributed by atoms with Crippen molar-refractivity contribution in [3.63, 3.8) is 0 Å². The molecule has 0 aliphatic heterocycles. The smallest absolute Gasteiger partial charge is 0.239 e. The molecule has 1 unspecified atom stereocenters. The molecule has 5 heteroatoms. The van der Waals surface area contributed by atoms with E-state index in [2.05, 4.69) is 6.92 Å². The zero-order chi connectivity index (χ0) is 14.1. The van der Waals surface area contributed by atoms with Gasteiger partial charge < -0.3 is 9.26 Å². The number of hydrogen-bond donors (Lipinski definition) is 0. The molecule has 0 aromatic heterocycles. The van der Waals surface area contributed by atoms with Gasteiger partial charge in [-0.2, -0.15) is 0 Å². The van der Waals surface area contributed by atoms with Crippen LogP contribution in [0.25, 0.3) is 0 Å². The summed E-state index contributed by atoms with van der Waals surface area (Å²) in [5.41, 5.74) is 0. The van der Waals surface area contributed by atoms with Crippen molar-refractivity contribution in [2.75, 3.05) is 19.9 Å². The normalized spacial score (nSPS) is 13.4. The van der Waals surface area contributed by atoms with E-state index in [0.29, 0.717) is 17.7 Å². The van der Waals surface area contributed by atoms with Gasteiger partial charge in [0.15, 0.2) is 0 Å². The molecule has 1 aromatic carbocycles. The van der Waals surface area contributed by atoms with Gasteiger partial charge in [-0.1, -0.05) is 25.5 Å². The van der Waals surface area contributed by atoms with Gasteiger partial charge in [-0.3, -0.25) is 4.57 Å². The molecule has 19 heavy (non-hydrogen) atoms. The zero-order valence-corrected chi connectivity index (χ0v) is 12.2. The molecule has 1 rings (SSSR count). The Labute approximate surface area is 113 Å². The Morgan fingerprint density at radius 2 is 2.11 bits per heavy atom. The van der Waals surface area contributed by atoms with Gasteiger partial charge >= 0.3 is 0 Å². The first-order valence-corrected chi connectivity index (χ1v) is 8.05. The highest BCUT2D eigenvalue weighted by Crippen LogP contribution is 2.47. The fraction of sp³-hybridized carbons (Fsp3) is 0.429. The number of ether oxygens (including phenoxy) is 1. The van der Waals surface area contributed by atoms with Gasteiger partial charge in [0.2, 0.25) is 7.37 Å². The van der Waals surface area contributed by atoms with Crippen LogP contribution in [0.2, 0.25) is 0 Å². The average molecular weight is 282 g/mol. The molecule has 0 amide bonds. The van der Waals surface area contributed by atoms with Gasteiger partial charge in [-0.25, -0.2) is 4.79 Å². The van der Waals surface area contributed by atoms with Gasteiger partial charge in [0.05, 0.1) is 18.1 Å². The summed E-state index contributed by atoms with van der Waals surface area (Å²) in [6.07, 6.45) is 3.17. The maximum atomic E-state index is 12.7. The highest BCUT2D eigenvalue weighted by atomic mass is 31.2. The molecule has 0 heterocycles. The lowest BCUT2D eigenvalue weighted by Crippen LogP contribution is -2.13. The van der Waals surface area contributed by atoms with E-state index in [0.717, 1.165) is 12.8 Å². The molecule has 0 N–H and O–H groups in total. The molecule has 4 nitrogen and oxygen atoms in total. The Morgan fingerprint density at radius 1 is 1.37 bits per heavy atom. The molecule has 1 atom stereocenters. The lowest BCUT2D eigenvalue weighted by molar-refractivity contribution is 0.310. The van der Waals surface area contributed by atoms with Gasteiger partial charge in [0, 0.05) is 13.2 Å². The quantitative estimate of drug-likeness (QED) is 0.418. The fourth-order valence-electron chi connectivity index (χ4n) is 1.62. The highest BCUT2D eigenvalue weighted by molar-refractivity contribution is 7.67. The van der Waals surface area contributed by atoms with Crippen molar-refractivity contribution < 1.29 is 18.6 Å². The molecule has 0 bridgehead atoms. The number of carbonyl (C=O) groups excluding carboxylic acids is 1. The standard InChI is InChI=1S/C14H19O4P/c1-3-4-11-18-13-8-5-6-9-14(13)19(16,17-2)12-7-10-15/h5-9H,3-4,11-12H2,1-2H3. The molecule has 0 saturated heterocycles. The topological polar surface area (TPSA) is 52.6 Å². The van der Waals surface area contributed by atoms with E-state index in [4.69, 9.17) is 9.26 Å². The summed E-state index contributed by atoms with van der Waals surface area (Å²) in [6, 6.07) is 7.07. The Morgan fingerprint density at radius 3 is 2.74 bits per heavy atom. The lowest BCUT2D eigenvalue weighted by Gasteiger charge is -2.18. The molecule has 0 radical (unpaired) electrons. The summed E-state index contributed by atoms with van der Waals surface area (Å²) in [7, 11) is -1.72. The molecule has 0 spiro atoms. The summed E-state index contributed by atoms with van der Waals surface area (Å²) in [6.45, 7) is 2.64. The van der Waals surface area contributed by atoms with Crippen molar-refractivity contribution in [1.29, 1.82) is 0 Å². The second-order valence-corrected chi connectivity index (χ2v) is 6.59. The summed E-state index contributed by atoms with van der Waals surface area (Å²) < 4.78 is 23.5. The number of para-hydroxylation sites is 1. The van der Waals surface area contributed by atoms with E-state index in [-0.39, 0.29) is 6.16 Å². The maximum absolute atomic E-state index is 12.7. The summed E-state index contributed by atoms with van der Waals surface area (Å²) in [4.78, 5) is 10.3. The Balaban J connectivity index is 3.02. The molecule has 104 valence electrons. The molecule has 1 aromatic rings. The summed E-state index contributed by atoms with van der Waals surface area (Å²) in [5, 5.41) is 0.514. The minimum Gasteiger partial charge on any atom is -0.493 e. The van der Waals surface area contributed by atoms with Crippen molar-refractivity contribution >= 4 is 18.6 Å². The summed E-state index contributed by atoms with van der Waals surface area (Å²) >= 11 is 0. The van der Waals surface area contributed by atoms with Crippen molar-refractivity contribution in [2.45, 2.75) is 19.8 Å². The van der Waals surface area contributed by atoms with Crippen molar-refractivity contribution in [3.8, 4) is 5.75 Å². The molecule has 0 saturated carbocycles. The van der Waals surface area contributed by atoms with Crippen LogP contribution in [0.1, 0.15) is 19.8 Å². The van der Waals surface area contributed by atoms with Crippen molar-refractivity contribution in [2.24, 2.45) is 0 Å². The van der Waals surface area contributed by atoms with Crippen LogP contribution in [-0.4, -0.2) is 25.8 Å². The first-order valence-electron chi connectivity index (χ1n) is 6.24. The zero-order valence-electron chi connectivity index (χ0n) is 11.3. The molecule has 0 aliphatic rings. The van der Waals surface area contributed by atoms with Crippen LogP contribution >= 0.6 is 7.37 Å². The molecular formula is C14H19O4P. The number of allylic oxidation sites excluding steroid dienone is 1. The Hall–Kier alpha value is -1.34. The van der Waals surface area contributed by atoms with Crippen LogP contribution in [0.4, 0.5) is 0 Å². The van der Waals surface area contributed by atoms with Crippen LogP contribution in [0.5, 0.6) is 5.75 Å². The first-order chi connectivity index (χ1) is 9.18. The third-order valence-electron chi connectivity index (χ3n) is 2.70. The average Bonchev–Trinajstić information content (AvgIpc) is 2.45. The Kier molecular flexibility index (Phi) is 6.58.